The van der Waals surface area contributed by atoms with Crippen LogP contribution in [-0.2, 0) is 21.2 Å². The van der Waals surface area contributed by atoms with Gasteiger partial charge in [0.2, 0.25) is 10.0 Å². The highest BCUT2D eigenvalue weighted by atomic mass is 32.2. The zero-order chi connectivity index (χ0) is 22.5. The van der Waals surface area contributed by atoms with E-state index in [1.54, 1.807) is 39.8 Å². The second-order valence-corrected chi connectivity index (χ2v) is 11.5. The standard InChI is InChI=1S/C22H22N4O3S3/c1-14-10-15-11-16(32(23,28)29)6-7-18(15)25(14)13-22(27)26-19(21-5-3-9-31-21)12-17(24-26)20-4-2-8-30-20/h2-9,11,14,19H,10,12-13H2,1H3,(H2,23,28,29)/t14-,19+/m0/s1. The summed E-state index contributed by atoms with van der Waals surface area (Å²) >= 11 is 3.26. The van der Waals surface area contributed by atoms with Crippen molar-refractivity contribution in [1.82, 2.24) is 5.01 Å². The lowest BCUT2D eigenvalue weighted by molar-refractivity contribution is -0.131. The first-order chi connectivity index (χ1) is 15.3. The maximum absolute atomic E-state index is 13.5. The van der Waals surface area contributed by atoms with E-state index in [4.69, 9.17) is 10.2 Å². The van der Waals surface area contributed by atoms with Gasteiger partial charge in [0.1, 0.15) is 0 Å². The Bertz CT molecular complexity index is 1280. The van der Waals surface area contributed by atoms with Gasteiger partial charge in [-0.2, -0.15) is 5.10 Å². The molecule has 0 unspecified atom stereocenters. The zero-order valence-electron chi connectivity index (χ0n) is 17.3. The van der Waals surface area contributed by atoms with Gasteiger partial charge in [-0.15, -0.1) is 22.7 Å². The highest BCUT2D eigenvalue weighted by molar-refractivity contribution is 7.89. The molecule has 5 rings (SSSR count). The summed E-state index contributed by atoms with van der Waals surface area (Å²) in [6.07, 6.45) is 1.35. The Kier molecular flexibility index (Phi) is 5.40. The molecule has 2 N–H and O–H groups in total. The highest BCUT2D eigenvalue weighted by Gasteiger charge is 2.36. The monoisotopic (exact) mass is 486 g/mol. The SMILES string of the molecule is C[C@H]1Cc2cc(S(N)(=O)=O)ccc2N1CC(=O)N1N=C(c2cccs2)C[C@@H]1c1cccs1. The number of primary sulfonamides is 1. The first-order valence-corrected chi connectivity index (χ1v) is 13.5. The molecule has 2 aliphatic rings. The summed E-state index contributed by atoms with van der Waals surface area (Å²) in [5.41, 5.74) is 2.68. The second-order valence-electron chi connectivity index (χ2n) is 8.01. The average Bonchev–Trinajstić information content (AvgIpc) is 3.53. The number of carbonyl (C=O) groups excluding carboxylic acids is 1. The van der Waals surface area contributed by atoms with Gasteiger partial charge in [-0.25, -0.2) is 18.6 Å². The number of benzene rings is 1. The van der Waals surface area contributed by atoms with Crippen LogP contribution in [0.2, 0.25) is 0 Å². The number of rotatable bonds is 5. The molecule has 2 aromatic heterocycles. The molecule has 0 fully saturated rings. The van der Waals surface area contributed by atoms with Gasteiger partial charge in [0.25, 0.3) is 5.91 Å². The summed E-state index contributed by atoms with van der Waals surface area (Å²) in [7, 11) is -3.76. The number of fused-ring (bicyclic) bond motifs is 1. The van der Waals surface area contributed by atoms with E-state index in [0.29, 0.717) is 12.8 Å². The van der Waals surface area contributed by atoms with Crippen molar-refractivity contribution in [3.63, 3.8) is 0 Å². The van der Waals surface area contributed by atoms with Gasteiger partial charge in [0, 0.05) is 23.0 Å². The molecule has 0 spiro atoms. The van der Waals surface area contributed by atoms with Crippen LogP contribution in [-0.4, -0.2) is 37.6 Å². The van der Waals surface area contributed by atoms with Crippen LogP contribution < -0.4 is 10.0 Å². The van der Waals surface area contributed by atoms with Crippen LogP contribution >= 0.6 is 22.7 Å². The summed E-state index contributed by atoms with van der Waals surface area (Å²) in [6, 6.07) is 12.9. The third-order valence-corrected chi connectivity index (χ3v) is 8.69. The first kappa shape index (κ1) is 21.3. The third-order valence-electron chi connectivity index (χ3n) is 5.89. The van der Waals surface area contributed by atoms with Crippen molar-refractivity contribution in [3.05, 3.63) is 68.5 Å². The molecule has 2 atom stereocenters. The lowest BCUT2D eigenvalue weighted by Crippen LogP contribution is -2.40. The average molecular weight is 487 g/mol. The molecule has 3 aromatic rings. The van der Waals surface area contributed by atoms with Crippen LogP contribution in [0.15, 0.2) is 63.2 Å². The van der Waals surface area contributed by atoms with Crippen molar-refractivity contribution in [1.29, 1.82) is 0 Å². The maximum atomic E-state index is 13.5. The molecule has 0 bridgehead atoms. The van der Waals surface area contributed by atoms with Crippen molar-refractivity contribution in [3.8, 4) is 0 Å². The predicted octanol–water partition coefficient (Wildman–Crippen LogP) is 3.59. The summed E-state index contributed by atoms with van der Waals surface area (Å²) in [6.45, 7) is 2.21. The Hall–Kier alpha value is -2.53. The fraction of sp³-hybridized carbons (Fsp3) is 0.273. The van der Waals surface area contributed by atoms with Crippen LogP contribution in [0.4, 0.5) is 5.69 Å². The Morgan fingerprint density at radius 1 is 1.16 bits per heavy atom. The van der Waals surface area contributed by atoms with E-state index in [1.807, 2.05) is 46.8 Å². The van der Waals surface area contributed by atoms with E-state index in [0.717, 1.165) is 26.7 Å². The number of hydrogen-bond donors (Lipinski definition) is 1. The molecule has 10 heteroatoms. The molecule has 7 nitrogen and oxygen atoms in total. The molecule has 0 aliphatic carbocycles. The second kappa shape index (κ2) is 8.11. The van der Waals surface area contributed by atoms with Crippen molar-refractivity contribution in [2.24, 2.45) is 10.2 Å². The molecule has 0 saturated carbocycles. The molecule has 166 valence electrons. The van der Waals surface area contributed by atoms with E-state index in [2.05, 4.69) is 0 Å². The number of amides is 1. The zero-order valence-corrected chi connectivity index (χ0v) is 19.8. The number of hydrogen-bond acceptors (Lipinski definition) is 7. The van der Waals surface area contributed by atoms with E-state index >= 15 is 0 Å². The van der Waals surface area contributed by atoms with Crippen molar-refractivity contribution in [2.45, 2.75) is 36.7 Å². The minimum Gasteiger partial charge on any atom is -0.359 e. The number of anilines is 1. The topological polar surface area (TPSA) is 96.1 Å². The maximum Gasteiger partial charge on any atom is 0.262 e. The fourth-order valence-corrected chi connectivity index (χ4v) is 6.44. The van der Waals surface area contributed by atoms with Gasteiger partial charge in [0.15, 0.2) is 0 Å². The van der Waals surface area contributed by atoms with Crippen LogP contribution in [0.1, 0.15) is 34.7 Å². The largest absolute Gasteiger partial charge is 0.359 e. The highest BCUT2D eigenvalue weighted by Crippen LogP contribution is 2.38. The molecule has 2 aliphatic heterocycles. The predicted molar refractivity (Wildman–Crippen MR) is 128 cm³/mol. The molecule has 32 heavy (non-hydrogen) atoms. The van der Waals surface area contributed by atoms with E-state index in [-0.39, 0.29) is 29.4 Å². The van der Waals surface area contributed by atoms with E-state index < -0.39 is 10.0 Å². The van der Waals surface area contributed by atoms with Crippen LogP contribution in [0, 0.1) is 0 Å². The molecular formula is C22H22N4O3S3. The first-order valence-electron chi connectivity index (χ1n) is 10.2. The Morgan fingerprint density at radius 3 is 2.62 bits per heavy atom. The molecule has 1 amide bonds. The van der Waals surface area contributed by atoms with Crippen LogP contribution in [0.5, 0.6) is 0 Å². The third kappa shape index (κ3) is 3.88. The Labute approximate surface area is 194 Å². The van der Waals surface area contributed by atoms with Crippen molar-refractivity contribution < 1.29 is 13.2 Å². The summed E-state index contributed by atoms with van der Waals surface area (Å²) in [4.78, 5) is 17.8. The molecule has 0 radical (unpaired) electrons. The van der Waals surface area contributed by atoms with Gasteiger partial charge >= 0.3 is 0 Å². The van der Waals surface area contributed by atoms with Crippen LogP contribution in [0.3, 0.4) is 0 Å². The number of hydrazone groups is 1. The van der Waals surface area contributed by atoms with Gasteiger partial charge in [-0.3, -0.25) is 4.79 Å². The minimum absolute atomic E-state index is 0.0632. The number of thiophene rings is 2. The summed E-state index contributed by atoms with van der Waals surface area (Å²) in [5, 5.41) is 15.7. The molecular weight excluding hydrogens is 464 g/mol. The molecule has 4 heterocycles. The lowest BCUT2D eigenvalue weighted by Gasteiger charge is -2.28. The van der Waals surface area contributed by atoms with E-state index in [9.17, 15) is 13.2 Å². The number of nitrogens with zero attached hydrogens (tertiary/aromatic N) is 3. The molecule has 1 aromatic carbocycles. The number of sulfonamides is 1. The quantitative estimate of drug-likeness (QED) is 0.596. The smallest absolute Gasteiger partial charge is 0.262 e. The Morgan fingerprint density at radius 2 is 1.94 bits per heavy atom. The van der Waals surface area contributed by atoms with Gasteiger partial charge in [-0.05, 0) is 60.0 Å². The lowest BCUT2D eigenvalue weighted by atomic mass is 10.1. The van der Waals surface area contributed by atoms with Gasteiger partial charge in [0.05, 0.1) is 28.1 Å². The van der Waals surface area contributed by atoms with Gasteiger partial charge in [-0.1, -0.05) is 12.1 Å². The number of carbonyl (C=O) groups is 1. The normalized spacial score (nSPS) is 20.5. The van der Waals surface area contributed by atoms with Crippen LogP contribution in [0.25, 0.3) is 0 Å². The summed E-state index contributed by atoms with van der Waals surface area (Å²) in [5.74, 6) is -0.0785. The van der Waals surface area contributed by atoms with Crippen molar-refractivity contribution >= 4 is 50.0 Å². The van der Waals surface area contributed by atoms with Gasteiger partial charge < -0.3 is 4.90 Å². The minimum atomic E-state index is -3.76. The molecule has 0 saturated heterocycles. The summed E-state index contributed by atoms with van der Waals surface area (Å²) < 4.78 is 23.4. The number of nitrogens with two attached hydrogens (primary N) is 1. The Balaban J connectivity index is 1.42. The fourth-order valence-electron chi connectivity index (χ4n) is 4.34. The van der Waals surface area contributed by atoms with Crippen molar-refractivity contribution in [2.75, 3.05) is 11.4 Å². The van der Waals surface area contributed by atoms with E-state index in [1.165, 1.54) is 6.07 Å².